The van der Waals surface area contributed by atoms with Gasteiger partial charge in [-0.15, -0.1) is 0 Å². The van der Waals surface area contributed by atoms with Crippen molar-refractivity contribution in [3.05, 3.63) is 53.1 Å². The number of nitriles is 1. The summed E-state index contributed by atoms with van der Waals surface area (Å²) < 4.78 is 26.5. The van der Waals surface area contributed by atoms with Crippen LogP contribution in [0.3, 0.4) is 0 Å². The zero-order valence-corrected chi connectivity index (χ0v) is 10.5. The fourth-order valence-corrected chi connectivity index (χ4v) is 1.77. The fraction of sp³-hybridized carbons (Fsp3) is 0. The Balaban J connectivity index is 2.48. The molecule has 106 valence electrons. The van der Waals surface area contributed by atoms with Gasteiger partial charge in [0.15, 0.2) is 0 Å². The second kappa shape index (κ2) is 5.46. The van der Waals surface area contributed by atoms with Crippen LogP contribution in [0.2, 0.25) is 0 Å². The largest absolute Gasteiger partial charge is 0.478 e. The molecule has 0 amide bonds. The molecule has 0 unspecified atom stereocenters. The molecule has 0 aliphatic rings. The van der Waals surface area contributed by atoms with E-state index < -0.39 is 28.9 Å². The van der Waals surface area contributed by atoms with Gasteiger partial charge in [0.25, 0.3) is 0 Å². The quantitative estimate of drug-likeness (QED) is 0.754. The van der Waals surface area contributed by atoms with Gasteiger partial charge >= 0.3 is 5.97 Å². The molecule has 7 heteroatoms. The molecule has 0 heterocycles. The number of hydrogen-bond acceptors (Lipinski definition) is 4. The number of anilines is 3. The van der Waals surface area contributed by atoms with Crippen molar-refractivity contribution in [3.63, 3.8) is 0 Å². The Morgan fingerprint density at radius 3 is 2.52 bits per heavy atom. The van der Waals surface area contributed by atoms with Crippen LogP contribution in [0, 0.1) is 23.0 Å². The fourth-order valence-electron chi connectivity index (χ4n) is 1.77. The highest BCUT2D eigenvalue weighted by Crippen LogP contribution is 2.28. The van der Waals surface area contributed by atoms with Gasteiger partial charge in [-0.3, -0.25) is 0 Å². The molecule has 0 bridgehead atoms. The number of benzene rings is 2. The highest BCUT2D eigenvalue weighted by Gasteiger charge is 2.17. The highest BCUT2D eigenvalue weighted by atomic mass is 19.1. The van der Waals surface area contributed by atoms with E-state index in [1.807, 2.05) is 0 Å². The van der Waals surface area contributed by atoms with E-state index in [-0.39, 0.29) is 16.9 Å². The molecule has 0 fully saturated rings. The van der Waals surface area contributed by atoms with Crippen LogP contribution in [-0.2, 0) is 0 Å². The van der Waals surface area contributed by atoms with Gasteiger partial charge in [-0.25, -0.2) is 13.6 Å². The average molecular weight is 289 g/mol. The van der Waals surface area contributed by atoms with Crippen LogP contribution in [0.25, 0.3) is 0 Å². The summed E-state index contributed by atoms with van der Waals surface area (Å²) in [5, 5.41) is 20.5. The van der Waals surface area contributed by atoms with Crippen molar-refractivity contribution < 1.29 is 18.7 Å². The topological polar surface area (TPSA) is 99.1 Å². The van der Waals surface area contributed by atoms with Crippen LogP contribution in [-0.4, -0.2) is 11.1 Å². The van der Waals surface area contributed by atoms with Gasteiger partial charge in [-0.05, 0) is 30.3 Å². The Labute approximate surface area is 118 Å². The normalized spacial score (nSPS) is 9.95. The SMILES string of the molecule is N#Cc1cc(Nc2ccc(F)c(N)c2C(=O)O)ccc1F. The summed E-state index contributed by atoms with van der Waals surface area (Å²) in [6.45, 7) is 0. The third-order valence-corrected chi connectivity index (χ3v) is 2.77. The number of nitrogen functional groups attached to an aromatic ring is 1. The van der Waals surface area contributed by atoms with E-state index in [2.05, 4.69) is 5.32 Å². The molecule has 4 N–H and O–H groups in total. The zero-order chi connectivity index (χ0) is 15.6. The van der Waals surface area contributed by atoms with Gasteiger partial charge in [0.2, 0.25) is 0 Å². The zero-order valence-electron chi connectivity index (χ0n) is 10.5. The lowest BCUT2D eigenvalue weighted by Gasteiger charge is -2.12. The smallest absolute Gasteiger partial charge is 0.340 e. The minimum atomic E-state index is -1.41. The maximum Gasteiger partial charge on any atom is 0.340 e. The molecule has 21 heavy (non-hydrogen) atoms. The maximum atomic E-state index is 13.3. The number of nitrogens with zero attached hydrogens (tertiary/aromatic N) is 1. The number of aromatic carboxylic acids is 1. The number of carbonyl (C=O) groups is 1. The summed E-state index contributed by atoms with van der Waals surface area (Å²) in [5.41, 5.74) is 4.59. The van der Waals surface area contributed by atoms with E-state index in [9.17, 15) is 13.6 Å². The Morgan fingerprint density at radius 2 is 1.90 bits per heavy atom. The standard InChI is InChI=1S/C14H9F2N3O2/c15-9-2-1-8(5-7(9)6-17)19-11-4-3-10(16)13(18)12(11)14(20)21/h1-5,19H,18H2,(H,20,21). The average Bonchev–Trinajstić information content (AvgIpc) is 2.44. The van der Waals surface area contributed by atoms with Crippen molar-refractivity contribution >= 4 is 23.0 Å². The molecule has 0 radical (unpaired) electrons. The van der Waals surface area contributed by atoms with E-state index in [1.165, 1.54) is 18.2 Å². The molecule has 0 spiro atoms. The molecule has 0 saturated heterocycles. The minimum Gasteiger partial charge on any atom is -0.478 e. The second-order valence-corrected chi connectivity index (χ2v) is 4.12. The van der Waals surface area contributed by atoms with Crippen molar-refractivity contribution in [1.82, 2.24) is 0 Å². The van der Waals surface area contributed by atoms with Crippen LogP contribution < -0.4 is 11.1 Å². The van der Waals surface area contributed by atoms with E-state index in [0.29, 0.717) is 0 Å². The Kier molecular flexibility index (Phi) is 3.71. The van der Waals surface area contributed by atoms with Crippen LogP contribution in [0.1, 0.15) is 15.9 Å². The Bertz CT molecular complexity index is 770. The molecule has 2 aromatic carbocycles. The Hall–Kier alpha value is -3.14. The first-order chi connectivity index (χ1) is 9.93. The summed E-state index contributed by atoms with van der Waals surface area (Å²) in [6.07, 6.45) is 0. The van der Waals surface area contributed by atoms with Crippen LogP contribution in [0.15, 0.2) is 30.3 Å². The Morgan fingerprint density at radius 1 is 1.24 bits per heavy atom. The van der Waals surface area contributed by atoms with Crippen molar-refractivity contribution in [2.75, 3.05) is 11.1 Å². The maximum absolute atomic E-state index is 13.3. The lowest BCUT2D eigenvalue weighted by atomic mass is 10.1. The first-order valence-electron chi connectivity index (χ1n) is 5.72. The summed E-state index contributed by atoms with van der Waals surface area (Å²) >= 11 is 0. The molecule has 0 aliphatic heterocycles. The van der Waals surface area contributed by atoms with Gasteiger partial charge in [-0.1, -0.05) is 0 Å². The molecular formula is C14H9F2N3O2. The number of nitrogens with one attached hydrogen (secondary N) is 1. The monoisotopic (exact) mass is 289 g/mol. The number of carboxylic acids is 1. The predicted molar refractivity (Wildman–Crippen MR) is 72.2 cm³/mol. The van der Waals surface area contributed by atoms with Gasteiger partial charge in [0.05, 0.1) is 16.9 Å². The van der Waals surface area contributed by atoms with Crippen molar-refractivity contribution in [1.29, 1.82) is 5.26 Å². The highest BCUT2D eigenvalue weighted by molar-refractivity contribution is 6.00. The minimum absolute atomic E-state index is 0.0388. The van der Waals surface area contributed by atoms with Gasteiger partial charge < -0.3 is 16.2 Å². The molecule has 2 rings (SSSR count). The van der Waals surface area contributed by atoms with E-state index >= 15 is 0 Å². The molecule has 0 atom stereocenters. The van der Waals surface area contributed by atoms with E-state index in [0.717, 1.165) is 12.1 Å². The summed E-state index contributed by atoms with van der Waals surface area (Å²) in [5.74, 6) is -2.95. The molecule has 5 nitrogen and oxygen atoms in total. The van der Waals surface area contributed by atoms with Crippen LogP contribution >= 0.6 is 0 Å². The number of rotatable bonds is 3. The number of hydrogen-bond donors (Lipinski definition) is 3. The van der Waals surface area contributed by atoms with Crippen LogP contribution in [0.4, 0.5) is 25.8 Å². The van der Waals surface area contributed by atoms with Crippen molar-refractivity contribution in [2.45, 2.75) is 0 Å². The summed E-state index contributed by atoms with van der Waals surface area (Å²) in [7, 11) is 0. The molecule has 0 aliphatic carbocycles. The third-order valence-electron chi connectivity index (χ3n) is 2.77. The number of carboxylic acid groups (broad SMARTS) is 1. The van der Waals surface area contributed by atoms with Gasteiger partial charge in [0, 0.05) is 5.69 Å². The first kappa shape index (κ1) is 14.3. The van der Waals surface area contributed by atoms with Crippen LogP contribution in [0.5, 0.6) is 0 Å². The summed E-state index contributed by atoms with van der Waals surface area (Å²) in [4.78, 5) is 11.2. The lowest BCUT2D eigenvalue weighted by molar-refractivity contribution is 0.0698. The van der Waals surface area contributed by atoms with Crippen molar-refractivity contribution in [3.8, 4) is 6.07 Å². The van der Waals surface area contributed by atoms with E-state index in [4.69, 9.17) is 16.1 Å². The molecule has 0 saturated carbocycles. The number of nitrogens with two attached hydrogens (primary N) is 1. The second-order valence-electron chi connectivity index (χ2n) is 4.12. The number of halogens is 2. The summed E-state index contributed by atoms with van der Waals surface area (Å²) in [6, 6.07) is 7.47. The van der Waals surface area contributed by atoms with E-state index in [1.54, 1.807) is 6.07 Å². The lowest BCUT2D eigenvalue weighted by Crippen LogP contribution is -2.08. The van der Waals surface area contributed by atoms with Crippen molar-refractivity contribution in [2.24, 2.45) is 0 Å². The predicted octanol–water partition coefficient (Wildman–Crippen LogP) is 2.86. The molecule has 2 aromatic rings. The van der Waals surface area contributed by atoms with Gasteiger partial charge in [-0.2, -0.15) is 5.26 Å². The first-order valence-corrected chi connectivity index (χ1v) is 5.72. The molecular weight excluding hydrogens is 280 g/mol. The molecule has 0 aromatic heterocycles. The van der Waals surface area contributed by atoms with Gasteiger partial charge in [0.1, 0.15) is 23.3 Å². The third kappa shape index (κ3) is 2.74.